The van der Waals surface area contributed by atoms with Crippen LogP contribution in [0.4, 0.5) is 0 Å². The Kier molecular flexibility index (Phi) is 4.88. The molecule has 0 unspecified atom stereocenters. The first-order valence-corrected chi connectivity index (χ1v) is 15.1. The molecule has 0 saturated carbocycles. The largest absolute Gasteiger partial charge is 0.494 e. The maximum Gasteiger partial charge on any atom is 0.205 e. The zero-order valence-electron chi connectivity index (χ0n) is 20.0. The topological polar surface area (TPSA) is 97.0 Å². The van der Waals surface area contributed by atoms with Crippen LogP contribution in [0.2, 0.25) is 18.1 Å². The van der Waals surface area contributed by atoms with Crippen molar-refractivity contribution in [2.75, 3.05) is 6.61 Å². The van der Waals surface area contributed by atoms with Gasteiger partial charge in [0.2, 0.25) is 11.8 Å². The lowest BCUT2D eigenvalue weighted by Gasteiger charge is -2.37. The molecule has 5 rings (SSSR count). The maximum absolute atomic E-state index is 11.4. The van der Waals surface area contributed by atoms with E-state index in [-0.39, 0.29) is 16.8 Å². The van der Waals surface area contributed by atoms with E-state index in [9.17, 15) is 15.3 Å². The fourth-order valence-corrected chi connectivity index (χ4v) is 6.79. The summed E-state index contributed by atoms with van der Waals surface area (Å²) in [5.74, 6) is -0.144. The Morgan fingerprint density at radius 3 is 2.64 bits per heavy atom. The van der Waals surface area contributed by atoms with Crippen LogP contribution in [0.3, 0.4) is 0 Å². The average Bonchev–Trinajstić information content (AvgIpc) is 3.40. The quantitative estimate of drug-likeness (QED) is 0.432. The van der Waals surface area contributed by atoms with E-state index < -0.39 is 25.6 Å². The number of hydrogen-bond acceptors (Lipinski definition) is 7. The van der Waals surface area contributed by atoms with Crippen LogP contribution in [-0.4, -0.2) is 45.9 Å². The van der Waals surface area contributed by atoms with Gasteiger partial charge in [0.1, 0.15) is 11.2 Å². The molecule has 2 aromatic heterocycles. The number of benzene rings is 1. The van der Waals surface area contributed by atoms with Crippen LogP contribution >= 0.6 is 11.3 Å². The zero-order chi connectivity index (χ0) is 24.0. The Bertz CT molecular complexity index is 1250. The molecule has 7 nitrogen and oxygen atoms in total. The molecule has 3 atom stereocenters. The third-order valence-corrected chi connectivity index (χ3v) is 13.3. The van der Waals surface area contributed by atoms with Gasteiger partial charge < -0.3 is 24.5 Å². The smallest absolute Gasteiger partial charge is 0.205 e. The number of ether oxygens (including phenoxy) is 1. The molecule has 2 aliphatic rings. The van der Waals surface area contributed by atoms with Crippen LogP contribution in [0.5, 0.6) is 11.8 Å². The summed E-state index contributed by atoms with van der Waals surface area (Å²) < 4.78 is 15.2. The molecular weight excluding hydrogens is 456 g/mol. The number of aliphatic hydroxyl groups is 1. The molecule has 33 heavy (non-hydrogen) atoms. The van der Waals surface area contributed by atoms with Gasteiger partial charge in [-0.05, 0) is 43.3 Å². The highest BCUT2D eigenvalue weighted by Crippen LogP contribution is 2.65. The van der Waals surface area contributed by atoms with E-state index in [1.54, 1.807) is 12.4 Å². The molecule has 0 amide bonds. The lowest BCUT2D eigenvalue weighted by atomic mass is 9.76. The number of rotatable bonds is 5. The minimum absolute atomic E-state index is 0.0469. The second-order valence-electron chi connectivity index (χ2n) is 11.0. The molecule has 2 bridgehead atoms. The summed E-state index contributed by atoms with van der Waals surface area (Å²) in [6, 6.07) is 5.59. The van der Waals surface area contributed by atoms with E-state index in [0.717, 1.165) is 10.2 Å². The Morgan fingerprint density at radius 2 is 1.94 bits per heavy atom. The van der Waals surface area contributed by atoms with Crippen molar-refractivity contribution in [2.45, 2.75) is 76.0 Å². The summed E-state index contributed by atoms with van der Waals surface area (Å²) in [4.78, 5) is 4.31. The van der Waals surface area contributed by atoms with Gasteiger partial charge in [-0.25, -0.2) is 4.98 Å². The fraction of sp³-hybridized carbons (Fsp3) is 0.542. The second kappa shape index (κ2) is 7.05. The summed E-state index contributed by atoms with van der Waals surface area (Å²) in [5, 5.41) is 33.6. The molecule has 2 aliphatic heterocycles. The number of aromatic nitrogens is 2. The van der Waals surface area contributed by atoms with Crippen molar-refractivity contribution in [3.8, 4) is 17.4 Å². The Morgan fingerprint density at radius 1 is 1.24 bits per heavy atom. The van der Waals surface area contributed by atoms with Gasteiger partial charge in [0, 0.05) is 19.4 Å². The van der Waals surface area contributed by atoms with Crippen LogP contribution in [-0.2, 0) is 20.4 Å². The van der Waals surface area contributed by atoms with E-state index in [1.165, 1.54) is 15.9 Å². The maximum atomic E-state index is 11.4. The highest BCUT2D eigenvalue weighted by molar-refractivity contribution is 7.16. The van der Waals surface area contributed by atoms with Gasteiger partial charge in [-0.15, -0.1) is 11.3 Å². The highest BCUT2D eigenvalue weighted by Gasteiger charge is 2.66. The minimum atomic E-state index is -1.97. The first-order chi connectivity index (χ1) is 15.3. The first-order valence-electron chi connectivity index (χ1n) is 11.3. The molecule has 1 saturated heterocycles. The molecule has 3 aromatic rings. The lowest BCUT2D eigenvalue weighted by molar-refractivity contribution is -0.107. The summed E-state index contributed by atoms with van der Waals surface area (Å²) in [5.41, 5.74) is 2.31. The molecule has 178 valence electrons. The van der Waals surface area contributed by atoms with Crippen LogP contribution in [0.1, 0.15) is 51.7 Å². The second-order valence-corrected chi connectivity index (χ2v) is 16.7. The number of hydrogen-bond donors (Lipinski definition) is 3. The lowest BCUT2D eigenvalue weighted by Crippen LogP contribution is -2.42. The van der Waals surface area contributed by atoms with Crippen molar-refractivity contribution in [3.05, 3.63) is 34.8 Å². The number of nitrogens with zero attached hydrogens (tertiary/aromatic N) is 2. The van der Waals surface area contributed by atoms with Crippen LogP contribution < -0.4 is 0 Å². The molecule has 3 N–H and O–H groups in total. The fourth-order valence-electron chi connectivity index (χ4n) is 5.04. The molecule has 1 aromatic carbocycles. The van der Waals surface area contributed by atoms with E-state index in [0.29, 0.717) is 36.3 Å². The van der Waals surface area contributed by atoms with Crippen molar-refractivity contribution in [1.82, 2.24) is 9.55 Å². The molecule has 4 heterocycles. The molecule has 0 aliphatic carbocycles. The third-order valence-electron chi connectivity index (χ3n) is 7.99. The highest BCUT2D eigenvalue weighted by atomic mass is 32.1. The first kappa shape index (κ1) is 22.9. The van der Waals surface area contributed by atoms with Crippen LogP contribution in [0.25, 0.3) is 15.9 Å². The Labute approximate surface area is 198 Å². The van der Waals surface area contributed by atoms with Crippen molar-refractivity contribution in [2.24, 2.45) is 0 Å². The van der Waals surface area contributed by atoms with Crippen molar-refractivity contribution in [1.29, 1.82) is 0 Å². The molecule has 0 radical (unpaired) electrons. The summed E-state index contributed by atoms with van der Waals surface area (Å²) in [7, 11) is -1.97. The van der Waals surface area contributed by atoms with Crippen molar-refractivity contribution < 1.29 is 24.5 Å². The minimum Gasteiger partial charge on any atom is -0.494 e. The van der Waals surface area contributed by atoms with Gasteiger partial charge in [-0.2, -0.15) is 0 Å². The monoisotopic (exact) mass is 488 g/mol. The third kappa shape index (κ3) is 3.13. The van der Waals surface area contributed by atoms with Gasteiger partial charge in [0.25, 0.3) is 0 Å². The predicted molar refractivity (Wildman–Crippen MR) is 131 cm³/mol. The summed E-state index contributed by atoms with van der Waals surface area (Å²) in [6.45, 7) is 13.2. The van der Waals surface area contributed by atoms with Crippen LogP contribution in [0, 0.1) is 0 Å². The van der Waals surface area contributed by atoms with Gasteiger partial charge in [0.05, 0.1) is 38.6 Å². The van der Waals surface area contributed by atoms with E-state index in [1.807, 2.05) is 18.2 Å². The molecule has 1 fully saturated rings. The SMILES string of the molecule is CC(C)(C)[Si](C)(C)OCC[C@@]12C[C@@H](O)[C@@](C)(O1)c1c2c(O)n(-c2ccc3ncsc3c2)c1O. The molecule has 9 heteroatoms. The van der Waals surface area contributed by atoms with Gasteiger partial charge in [-0.3, -0.25) is 4.57 Å². The van der Waals surface area contributed by atoms with Gasteiger partial charge in [0.15, 0.2) is 8.32 Å². The van der Waals surface area contributed by atoms with E-state index in [4.69, 9.17) is 9.16 Å². The average molecular weight is 489 g/mol. The van der Waals surface area contributed by atoms with Crippen LogP contribution in [0.15, 0.2) is 23.7 Å². The number of thiazole rings is 1. The van der Waals surface area contributed by atoms with Crippen molar-refractivity contribution >= 4 is 29.9 Å². The summed E-state index contributed by atoms with van der Waals surface area (Å²) in [6.07, 6.45) is 0.0507. The van der Waals surface area contributed by atoms with E-state index in [2.05, 4.69) is 38.8 Å². The normalized spacial score (nSPS) is 26.9. The van der Waals surface area contributed by atoms with Gasteiger partial charge in [-0.1, -0.05) is 20.8 Å². The molecule has 0 spiro atoms. The number of aromatic hydroxyl groups is 2. The standard InChI is InChI=1S/C24H32N2O5SSi/c1-22(2,3)33(5,6)30-10-9-24-12-17(27)23(4,31-24)18-19(24)21(29)26(20(18)28)14-7-8-15-16(11-14)32-13-25-15/h7-8,11,13,17,27-29H,9-10,12H2,1-6H3/t17-,23-,24+/m1/s1. The Balaban J connectivity index is 1.56. The van der Waals surface area contributed by atoms with Crippen molar-refractivity contribution in [3.63, 3.8) is 0 Å². The number of aliphatic hydroxyl groups excluding tert-OH is 1. The molecular formula is C24H32N2O5SSi. The van der Waals surface area contributed by atoms with Gasteiger partial charge >= 0.3 is 0 Å². The number of fused-ring (bicyclic) bond motifs is 6. The summed E-state index contributed by atoms with van der Waals surface area (Å²) >= 11 is 1.50. The predicted octanol–water partition coefficient (Wildman–Crippen LogP) is 5.12. The van der Waals surface area contributed by atoms with E-state index >= 15 is 0 Å². The Hall–Kier alpha value is -1.91. The zero-order valence-corrected chi connectivity index (χ0v) is 21.8.